The van der Waals surface area contributed by atoms with Gasteiger partial charge in [0, 0.05) is 36.7 Å². The topological polar surface area (TPSA) is 71.1 Å². The lowest BCUT2D eigenvalue weighted by molar-refractivity contribution is -0.0295. The highest BCUT2D eigenvalue weighted by Gasteiger charge is 2.46. The number of aromatic nitrogens is 3. The van der Waals surface area contributed by atoms with Gasteiger partial charge in [-0.3, -0.25) is 9.89 Å². The number of nitrogens with zero attached hydrogens (tertiary/aromatic N) is 3. The Bertz CT molecular complexity index is 728. The molecular weight excluding hydrogens is 316 g/mol. The van der Waals surface area contributed by atoms with Crippen LogP contribution in [0.5, 0.6) is 0 Å². The number of H-pyrrole nitrogens is 1. The van der Waals surface area contributed by atoms with E-state index in [0.717, 1.165) is 37.1 Å². The van der Waals surface area contributed by atoms with Gasteiger partial charge in [-0.15, -0.1) is 0 Å². The molecule has 6 heteroatoms. The van der Waals surface area contributed by atoms with Gasteiger partial charge in [-0.05, 0) is 37.8 Å². The van der Waals surface area contributed by atoms with E-state index in [2.05, 4.69) is 15.2 Å². The zero-order valence-corrected chi connectivity index (χ0v) is 14.6. The lowest BCUT2D eigenvalue weighted by Crippen LogP contribution is -2.49. The second kappa shape index (κ2) is 6.59. The fourth-order valence-corrected chi connectivity index (χ4v) is 4.57. The number of ether oxygens (including phenoxy) is 1. The van der Waals surface area contributed by atoms with Gasteiger partial charge in [-0.25, -0.2) is 4.98 Å². The number of likely N-dealkylation sites (tertiary alicyclic amines) is 1. The molecule has 0 unspecified atom stereocenters. The fourth-order valence-electron chi connectivity index (χ4n) is 4.57. The van der Waals surface area contributed by atoms with Crippen LogP contribution in [0, 0.1) is 5.41 Å². The summed E-state index contributed by atoms with van der Waals surface area (Å²) in [6.45, 7) is 1.65. The van der Waals surface area contributed by atoms with E-state index >= 15 is 0 Å². The molecule has 132 valence electrons. The van der Waals surface area contributed by atoms with E-state index in [1.165, 1.54) is 25.6 Å². The monoisotopic (exact) mass is 340 g/mol. The standard InChI is InChI=1S/C19H24N4O2/c1-25-16-4-2-9-19(16)10-3-11-23(12-19)18(24)15-7-5-14(6-8-15)17-20-13-21-22-17/h5-8,13,16H,2-4,9-12H2,1H3,(H,20,21,22)/t16-,19+/m1/s1. The summed E-state index contributed by atoms with van der Waals surface area (Å²) in [5, 5.41) is 6.70. The van der Waals surface area contributed by atoms with Crippen molar-refractivity contribution >= 4 is 5.91 Å². The van der Waals surface area contributed by atoms with Crippen LogP contribution < -0.4 is 0 Å². The molecule has 1 aliphatic carbocycles. The summed E-state index contributed by atoms with van der Waals surface area (Å²) in [4.78, 5) is 19.1. The molecule has 1 saturated carbocycles. The van der Waals surface area contributed by atoms with Crippen molar-refractivity contribution in [3.63, 3.8) is 0 Å². The number of piperidine rings is 1. The third kappa shape index (κ3) is 2.95. The smallest absolute Gasteiger partial charge is 0.253 e. The number of hydrogen-bond donors (Lipinski definition) is 1. The van der Waals surface area contributed by atoms with Crippen LogP contribution in [0.2, 0.25) is 0 Å². The highest BCUT2D eigenvalue weighted by Crippen LogP contribution is 2.46. The molecule has 2 fully saturated rings. The Morgan fingerprint density at radius 1 is 1.28 bits per heavy atom. The summed E-state index contributed by atoms with van der Waals surface area (Å²) in [5.41, 5.74) is 1.81. The second-order valence-corrected chi connectivity index (χ2v) is 7.22. The molecule has 25 heavy (non-hydrogen) atoms. The van der Waals surface area contributed by atoms with Crippen LogP contribution in [0.15, 0.2) is 30.6 Å². The lowest BCUT2D eigenvalue weighted by atomic mass is 9.76. The minimum absolute atomic E-state index is 0.116. The van der Waals surface area contributed by atoms with Gasteiger partial charge in [0.25, 0.3) is 5.91 Å². The van der Waals surface area contributed by atoms with E-state index in [9.17, 15) is 4.79 Å². The molecule has 1 N–H and O–H groups in total. The van der Waals surface area contributed by atoms with Gasteiger partial charge in [0.15, 0.2) is 5.82 Å². The first kappa shape index (κ1) is 16.3. The maximum atomic E-state index is 13.0. The molecule has 1 aromatic carbocycles. The van der Waals surface area contributed by atoms with E-state index in [4.69, 9.17) is 4.74 Å². The number of carbonyl (C=O) groups excluding carboxylic acids is 1. The van der Waals surface area contributed by atoms with Crippen LogP contribution in [0.3, 0.4) is 0 Å². The molecule has 2 atom stereocenters. The van der Waals surface area contributed by atoms with Gasteiger partial charge < -0.3 is 9.64 Å². The quantitative estimate of drug-likeness (QED) is 0.932. The molecule has 0 bridgehead atoms. The van der Waals surface area contributed by atoms with E-state index in [1.54, 1.807) is 7.11 Å². The summed E-state index contributed by atoms with van der Waals surface area (Å²) in [6.07, 6.45) is 7.48. The van der Waals surface area contributed by atoms with Gasteiger partial charge in [-0.2, -0.15) is 5.10 Å². The lowest BCUT2D eigenvalue weighted by Gasteiger charge is -2.43. The van der Waals surface area contributed by atoms with Crippen LogP contribution in [-0.4, -0.2) is 52.3 Å². The Morgan fingerprint density at radius 2 is 2.08 bits per heavy atom. The van der Waals surface area contributed by atoms with E-state index < -0.39 is 0 Å². The molecule has 1 saturated heterocycles. The summed E-state index contributed by atoms with van der Waals surface area (Å²) in [5.74, 6) is 0.828. The number of amides is 1. The van der Waals surface area contributed by atoms with E-state index in [1.807, 2.05) is 29.2 Å². The van der Waals surface area contributed by atoms with Gasteiger partial charge in [0.1, 0.15) is 6.33 Å². The molecular formula is C19H24N4O2. The Kier molecular flexibility index (Phi) is 4.29. The number of hydrogen-bond acceptors (Lipinski definition) is 4. The van der Waals surface area contributed by atoms with Crippen molar-refractivity contribution in [3.8, 4) is 11.4 Å². The number of aromatic amines is 1. The summed E-state index contributed by atoms with van der Waals surface area (Å²) in [6, 6.07) is 7.59. The first-order valence-electron chi connectivity index (χ1n) is 9.00. The molecule has 2 aliphatic rings. The van der Waals surface area contributed by atoms with Crippen molar-refractivity contribution in [3.05, 3.63) is 36.2 Å². The number of methoxy groups -OCH3 is 1. The van der Waals surface area contributed by atoms with Crippen molar-refractivity contribution in [2.75, 3.05) is 20.2 Å². The van der Waals surface area contributed by atoms with Crippen molar-refractivity contribution in [1.29, 1.82) is 0 Å². The molecule has 6 nitrogen and oxygen atoms in total. The van der Waals surface area contributed by atoms with Gasteiger partial charge in [0.05, 0.1) is 6.10 Å². The molecule has 1 spiro atoms. The highest BCUT2D eigenvalue weighted by molar-refractivity contribution is 5.94. The van der Waals surface area contributed by atoms with Crippen molar-refractivity contribution in [2.24, 2.45) is 5.41 Å². The zero-order valence-electron chi connectivity index (χ0n) is 14.6. The van der Waals surface area contributed by atoms with Crippen LogP contribution in [0.1, 0.15) is 42.5 Å². The predicted octanol–water partition coefficient (Wildman–Crippen LogP) is 2.89. The Labute approximate surface area is 147 Å². The Balaban J connectivity index is 1.50. The maximum Gasteiger partial charge on any atom is 0.253 e. The molecule has 1 aromatic heterocycles. The van der Waals surface area contributed by atoms with Crippen LogP contribution in [0.25, 0.3) is 11.4 Å². The number of rotatable bonds is 3. The summed E-state index contributed by atoms with van der Waals surface area (Å²) < 4.78 is 5.74. The molecule has 0 radical (unpaired) electrons. The molecule has 4 rings (SSSR count). The molecule has 1 aliphatic heterocycles. The van der Waals surface area contributed by atoms with Crippen LogP contribution in [0.4, 0.5) is 0 Å². The minimum Gasteiger partial charge on any atom is -0.381 e. The molecule has 2 aromatic rings. The normalized spacial score (nSPS) is 26.3. The average Bonchev–Trinajstić information content (AvgIpc) is 3.31. The highest BCUT2D eigenvalue weighted by atomic mass is 16.5. The average molecular weight is 340 g/mol. The largest absolute Gasteiger partial charge is 0.381 e. The Hall–Kier alpha value is -2.21. The number of carbonyl (C=O) groups is 1. The Morgan fingerprint density at radius 3 is 2.80 bits per heavy atom. The van der Waals surface area contributed by atoms with Gasteiger partial charge in [-0.1, -0.05) is 18.6 Å². The number of benzene rings is 1. The first-order chi connectivity index (χ1) is 12.2. The third-order valence-electron chi connectivity index (χ3n) is 5.82. The third-order valence-corrected chi connectivity index (χ3v) is 5.82. The number of nitrogens with one attached hydrogen (secondary N) is 1. The summed E-state index contributed by atoms with van der Waals surface area (Å²) in [7, 11) is 1.81. The van der Waals surface area contributed by atoms with Gasteiger partial charge in [0.2, 0.25) is 0 Å². The zero-order chi connectivity index (χ0) is 17.3. The predicted molar refractivity (Wildman–Crippen MR) is 94.0 cm³/mol. The second-order valence-electron chi connectivity index (χ2n) is 7.22. The minimum atomic E-state index is 0.116. The molecule has 1 amide bonds. The fraction of sp³-hybridized carbons (Fsp3) is 0.526. The van der Waals surface area contributed by atoms with E-state index in [-0.39, 0.29) is 17.4 Å². The van der Waals surface area contributed by atoms with Gasteiger partial charge >= 0.3 is 0 Å². The van der Waals surface area contributed by atoms with Crippen molar-refractivity contribution in [1.82, 2.24) is 20.1 Å². The van der Waals surface area contributed by atoms with Crippen LogP contribution >= 0.6 is 0 Å². The molecule has 2 heterocycles. The first-order valence-corrected chi connectivity index (χ1v) is 9.00. The van der Waals surface area contributed by atoms with E-state index in [0.29, 0.717) is 5.82 Å². The SMILES string of the molecule is CO[C@@H]1CCC[C@@]12CCCN(C(=O)c1ccc(-c3ncn[nH]3)cc1)C2. The summed E-state index contributed by atoms with van der Waals surface area (Å²) >= 11 is 0. The van der Waals surface area contributed by atoms with Crippen LogP contribution in [-0.2, 0) is 4.74 Å². The maximum absolute atomic E-state index is 13.0. The van der Waals surface area contributed by atoms with Crippen molar-refractivity contribution in [2.45, 2.75) is 38.2 Å². The van der Waals surface area contributed by atoms with Crippen molar-refractivity contribution < 1.29 is 9.53 Å².